The zero-order chi connectivity index (χ0) is 10.1. The van der Waals surface area contributed by atoms with Crippen molar-refractivity contribution in [1.82, 2.24) is 5.01 Å². The van der Waals surface area contributed by atoms with Crippen molar-refractivity contribution in [3.63, 3.8) is 0 Å². The van der Waals surface area contributed by atoms with E-state index in [2.05, 4.69) is 5.10 Å². The molecule has 1 aliphatic heterocycles. The van der Waals surface area contributed by atoms with Gasteiger partial charge in [-0.15, -0.1) is 0 Å². The topological polar surface area (TPSA) is 15.6 Å². The number of hydrazone groups is 1. The standard InChI is InChI=1S/C8H11F3N2/c1-6-4-3-5-7(8(9,10)11)13(2)12-6/h3,5,7H,4H2,1-2H3. The van der Waals surface area contributed by atoms with Gasteiger partial charge in [0.1, 0.15) is 0 Å². The van der Waals surface area contributed by atoms with Crippen LogP contribution >= 0.6 is 0 Å². The normalized spacial score (nSPS) is 24.2. The fourth-order valence-electron chi connectivity index (χ4n) is 1.19. The van der Waals surface area contributed by atoms with Gasteiger partial charge in [-0.1, -0.05) is 12.2 Å². The molecule has 0 saturated carbocycles. The monoisotopic (exact) mass is 192 g/mol. The lowest BCUT2D eigenvalue weighted by atomic mass is 10.2. The minimum atomic E-state index is -4.25. The summed E-state index contributed by atoms with van der Waals surface area (Å²) in [5.74, 6) is 0. The second-order valence-corrected chi connectivity index (χ2v) is 3.03. The second kappa shape index (κ2) is 3.40. The molecule has 0 amide bonds. The van der Waals surface area contributed by atoms with E-state index in [0.29, 0.717) is 12.1 Å². The molecule has 1 aliphatic rings. The van der Waals surface area contributed by atoms with Crippen molar-refractivity contribution in [3.05, 3.63) is 12.2 Å². The van der Waals surface area contributed by atoms with Crippen LogP contribution in [-0.2, 0) is 0 Å². The average Bonchev–Trinajstić information content (AvgIpc) is 2.08. The van der Waals surface area contributed by atoms with Gasteiger partial charge in [-0.2, -0.15) is 18.3 Å². The van der Waals surface area contributed by atoms with Crippen LogP contribution in [0.2, 0.25) is 0 Å². The van der Waals surface area contributed by atoms with Crippen molar-refractivity contribution in [2.24, 2.45) is 5.10 Å². The number of hydrogen-bond acceptors (Lipinski definition) is 2. The van der Waals surface area contributed by atoms with Gasteiger partial charge in [-0.3, -0.25) is 5.01 Å². The van der Waals surface area contributed by atoms with E-state index in [-0.39, 0.29) is 0 Å². The maximum Gasteiger partial charge on any atom is 0.413 e. The van der Waals surface area contributed by atoms with E-state index in [1.807, 2.05) is 0 Å². The molecule has 1 rings (SSSR count). The molecule has 13 heavy (non-hydrogen) atoms. The first-order valence-electron chi connectivity index (χ1n) is 3.91. The quantitative estimate of drug-likeness (QED) is 0.537. The van der Waals surface area contributed by atoms with Crippen LogP contribution in [0.3, 0.4) is 0 Å². The van der Waals surface area contributed by atoms with Gasteiger partial charge in [0.05, 0.1) is 0 Å². The fraction of sp³-hybridized carbons (Fsp3) is 0.625. The lowest BCUT2D eigenvalue weighted by molar-refractivity contribution is -0.166. The van der Waals surface area contributed by atoms with E-state index in [4.69, 9.17) is 0 Å². The maximum atomic E-state index is 12.3. The molecule has 0 aliphatic carbocycles. The molecule has 0 aromatic carbocycles. The Bertz CT molecular complexity index is 242. The van der Waals surface area contributed by atoms with Gasteiger partial charge in [0.25, 0.3) is 0 Å². The van der Waals surface area contributed by atoms with Crippen molar-refractivity contribution in [3.8, 4) is 0 Å². The Morgan fingerprint density at radius 2 is 2.15 bits per heavy atom. The number of halogens is 3. The fourth-order valence-corrected chi connectivity index (χ4v) is 1.19. The molecule has 5 heteroatoms. The summed E-state index contributed by atoms with van der Waals surface area (Å²) in [5, 5.41) is 4.74. The summed E-state index contributed by atoms with van der Waals surface area (Å²) in [6, 6.07) is -1.59. The van der Waals surface area contributed by atoms with Crippen LogP contribution < -0.4 is 0 Å². The Kier molecular flexibility index (Phi) is 2.63. The highest BCUT2D eigenvalue weighted by Gasteiger charge is 2.41. The molecule has 74 valence electrons. The number of hydrogen-bond donors (Lipinski definition) is 0. The van der Waals surface area contributed by atoms with Crippen LogP contribution in [0.25, 0.3) is 0 Å². The summed E-state index contributed by atoms with van der Waals surface area (Å²) in [4.78, 5) is 0. The van der Waals surface area contributed by atoms with Crippen molar-refractivity contribution >= 4 is 5.71 Å². The molecule has 0 bridgehead atoms. The van der Waals surface area contributed by atoms with E-state index in [1.165, 1.54) is 13.1 Å². The van der Waals surface area contributed by atoms with Gasteiger partial charge in [0.15, 0.2) is 6.04 Å². The molecule has 0 spiro atoms. The zero-order valence-electron chi connectivity index (χ0n) is 7.47. The first-order valence-corrected chi connectivity index (χ1v) is 3.91. The molecular formula is C8H11F3N2. The van der Waals surface area contributed by atoms with Gasteiger partial charge < -0.3 is 0 Å². The van der Waals surface area contributed by atoms with Crippen LogP contribution in [0, 0.1) is 0 Å². The van der Waals surface area contributed by atoms with Gasteiger partial charge in [0.2, 0.25) is 0 Å². The minimum Gasteiger partial charge on any atom is -0.284 e. The van der Waals surface area contributed by atoms with Crippen LogP contribution in [-0.4, -0.2) is 30.0 Å². The third-order valence-corrected chi connectivity index (χ3v) is 1.80. The predicted molar refractivity (Wildman–Crippen MR) is 44.5 cm³/mol. The van der Waals surface area contributed by atoms with Crippen molar-refractivity contribution in [2.75, 3.05) is 7.05 Å². The predicted octanol–water partition coefficient (Wildman–Crippen LogP) is 2.18. The molecule has 1 unspecified atom stereocenters. The van der Waals surface area contributed by atoms with E-state index in [9.17, 15) is 13.2 Å². The molecule has 1 heterocycles. The Hall–Kier alpha value is -1.00. The van der Waals surface area contributed by atoms with E-state index in [1.54, 1.807) is 6.92 Å². The van der Waals surface area contributed by atoms with Crippen LogP contribution in [0.15, 0.2) is 17.3 Å². The summed E-state index contributed by atoms with van der Waals surface area (Å²) < 4.78 is 37.0. The molecule has 2 nitrogen and oxygen atoms in total. The highest BCUT2D eigenvalue weighted by molar-refractivity contribution is 5.83. The highest BCUT2D eigenvalue weighted by atomic mass is 19.4. The maximum absolute atomic E-state index is 12.3. The molecule has 0 fully saturated rings. The summed E-state index contributed by atoms with van der Waals surface area (Å²) >= 11 is 0. The molecule has 0 N–H and O–H groups in total. The van der Waals surface area contributed by atoms with Crippen molar-refractivity contribution in [2.45, 2.75) is 25.6 Å². The van der Waals surface area contributed by atoms with Gasteiger partial charge >= 0.3 is 6.18 Å². The largest absolute Gasteiger partial charge is 0.413 e. The smallest absolute Gasteiger partial charge is 0.284 e. The van der Waals surface area contributed by atoms with E-state index in [0.717, 1.165) is 11.1 Å². The Labute approximate surface area is 74.7 Å². The van der Waals surface area contributed by atoms with Gasteiger partial charge in [-0.25, -0.2) is 0 Å². The number of likely N-dealkylation sites (N-methyl/N-ethyl adjacent to an activating group) is 1. The van der Waals surface area contributed by atoms with Crippen LogP contribution in [0.4, 0.5) is 13.2 Å². The van der Waals surface area contributed by atoms with E-state index >= 15 is 0 Å². The first kappa shape index (κ1) is 10.1. The molecule has 0 radical (unpaired) electrons. The Balaban J connectivity index is 2.88. The average molecular weight is 192 g/mol. The number of nitrogens with zero attached hydrogens (tertiary/aromatic N) is 2. The summed E-state index contributed by atoms with van der Waals surface area (Å²) in [6.45, 7) is 1.71. The molecular weight excluding hydrogens is 181 g/mol. The number of alkyl halides is 3. The van der Waals surface area contributed by atoms with Crippen LogP contribution in [0.1, 0.15) is 13.3 Å². The third kappa shape index (κ3) is 2.47. The zero-order valence-corrected chi connectivity index (χ0v) is 7.47. The SMILES string of the molecule is CC1=NN(C)C(C(F)(F)F)C=CC1. The first-order chi connectivity index (χ1) is 5.91. The molecule has 0 saturated heterocycles. The summed E-state index contributed by atoms with van der Waals surface area (Å²) in [7, 11) is 1.33. The van der Waals surface area contributed by atoms with Gasteiger partial charge in [-0.05, 0) is 6.92 Å². The minimum absolute atomic E-state index is 0.483. The van der Waals surface area contributed by atoms with E-state index < -0.39 is 12.2 Å². The Morgan fingerprint density at radius 1 is 1.54 bits per heavy atom. The third-order valence-electron chi connectivity index (χ3n) is 1.80. The lowest BCUT2D eigenvalue weighted by Gasteiger charge is -2.24. The van der Waals surface area contributed by atoms with Crippen LogP contribution in [0.5, 0.6) is 0 Å². The second-order valence-electron chi connectivity index (χ2n) is 3.03. The van der Waals surface area contributed by atoms with Crippen molar-refractivity contribution < 1.29 is 13.2 Å². The molecule has 0 aromatic heterocycles. The summed E-state index contributed by atoms with van der Waals surface area (Å²) in [5.41, 5.74) is 0.686. The lowest BCUT2D eigenvalue weighted by Crippen LogP contribution is -2.38. The molecule has 0 aromatic rings. The van der Waals surface area contributed by atoms with Crippen molar-refractivity contribution in [1.29, 1.82) is 0 Å². The number of rotatable bonds is 0. The highest BCUT2D eigenvalue weighted by Crippen LogP contribution is 2.26. The molecule has 1 atom stereocenters. The number of allylic oxidation sites excluding steroid dienone is 1. The van der Waals surface area contributed by atoms with Gasteiger partial charge in [0, 0.05) is 19.2 Å². The Morgan fingerprint density at radius 3 is 2.69 bits per heavy atom. The summed E-state index contributed by atoms with van der Waals surface area (Å²) in [6.07, 6.45) is -1.13.